The predicted octanol–water partition coefficient (Wildman–Crippen LogP) is 2.91. The van der Waals surface area contributed by atoms with E-state index in [1.165, 1.54) is 0 Å². The molecule has 2 atom stereocenters. The van der Waals surface area contributed by atoms with Gasteiger partial charge in [-0.2, -0.15) is 0 Å². The van der Waals surface area contributed by atoms with Crippen molar-refractivity contribution in [2.75, 3.05) is 16.4 Å². The number of nitrogens with zero attached hydrogens (tertiary/aromatic N) is 2. The Morgan fingerprint density at radius 1 is 1.00 bits per heavy atom. The number of hydrogen-bond donors (Lipinski definition) is 0. The van der Waals surface area contributed by atoms with E-state index < -0.39 is 9.84 Å². The molecule has 0 aromatic heterocycles. The lowest BCUT2D eigenvalue weighted by molar-refractivity contribution is 0.205. The van der Waals surface area contributed by atoms with Crippen molar-refractivity contribution in [1.29, 1.82) is 0 Å². The third-order valence-corrected chi connectivity index (χ3v) is 7.06. The van der Waals surface area contributed by atoms with Gasteiger partial charge in [0, 0.05) is 12.2 Å². The highest BCUT2D eigenvalue weighted by atomic mass is 32.2. The number of para-hydroxylation sites is 1. The average molecular weight is 370 g/mol. The lowest BCUT2D eigenvalue weighted by Crippen LogP contribution is -2.37. The Kier molecular flexibility index (Phi) is 4.03. The fourth-order valence-electron chi connectivity index (χ4n) is 4.01. The molecule has 4 rings (SSSR count). The Morgan fingerprint density at radius 2 is 1.69 bits per heavy atom. The number of aryl methyl sites for hydroxylation is 2. The fourth-order valence-corrected chi connectivity index (χ4v) is 5.96. The minimum atomic E-state index is -3.15. The molecule has 0 unspecified atom stereocenters. The summed E-state index contributed by atoms with van der Waals surface area (Å²) in [7, 11) is -3.15. The second kappa shape index (κ2) is 6.13. The number of fused-ring (bicyclic) bond motifs is 1. The van der Waals surface area contributed by atoms with Crippen molar-refractivity contribution in [2.24, 2.45) is 0 Å². The number of hydrogen-bond acceptors (Lipinski definition) is 3. The minimum Gasteiger partial charge on any atom is -0.314 e. The number of benzene rings is 2. The summed E-state index contributed by atoms with van der Waals surface area (Å²) in [4.78, 5) is 16.6. The van der Waals surface area contributed by atoms with E-state index in [0.717, 1.165) is 22.4 Å². The molecule has 6 heteroatoms. The Hall–Kier alpha value is -2.34. The van der Waals surface area contributed by atoms with Crippen LogP contribution in [0.1, 0.15) is 16.7 Å². The van der Waals surface area contributed by atoms with Gasteiger partial charge in [0.05, 0.1) is 23.6 Å². The van der Waals surface area contributed by atoms with E-state index in [9.17, 15) is 13.2 Å². The standard InChI is InChI=1S/C20H22N2O3S/c1-14-8-9-15(2)16(10-14)11-21-18-12-26(24,25)13-19(18)22(20(21)23)17-6-4-3-5-7-17/h3-10,18-19H,11-13H2,1-2H3/t18-,19+/m1/s1. The van der Waals surface area contributed by atoms with Crippen molar-refractivity contribution < 1.29 is 13.2 Å². The second-order valence-electron chi connectivity index (χ2n) is 7.26. The first kappa shape index (κ1) is 17.1. The van der Waals surface area contributed by atoms with Crippen molar-refractivity contribution in [3.05, 3.63) is 65.2 Å². The van der Waals surface area contributed by atoms with E-state index in [4.69, 9.17) is 0 Å². The zero-order valence-electron chi connectivity index (χ0n) is 14.9. The van der Waals surface area contributed by atoms with Gasteiger partial charge in [0.15, 0.2) is 9.84 Å². The van der Waals surface area contributed by atoms with Crippen molar-refractivity contribution in [1.82, 2.24) is 4.90 Å². The van der Waals surface area contributed by atoms with Crippen LogP contribution in [-0.4, -0.2) is 42.9 Å². The first-order chi connectivity index (χ1) is 12.4. The molecule has 2 fully saturated rings. The number of rotatable bonds is 3. The van der Waals surface area contributed by atoms with Gasteiger partial charge in [0.25, 0.3) is 0 Å². The molecule has 2 aromatic carbocycles. The fraction of sp³-hybridized carbons (Fsp3) is 0.350. The third-order valence-electron chi connectivity index (χ3n) is 5.36. The maximum absolute atomic E-state index is 13.2. The summed E-state index contributed by atoms with van der Waals surface area (Å²) in [5.74, 6) is 0.0687. The lowest BCUT2D eigenvalue weighted by Gasteiger charge is -2.23. The SMILES string of the molecule is Cc1ccc(C)c(CN2C(=O)N(c3ccccc3)[C@H]3CS(=O)(=O)C[C@H]32)c1. The van der Waals surface area contributed by atoms with Crippen molar-refractivity contribution in [2.45, 2.75) is 32.5 Å². The summed E-state index contributed by atoms with van der Waals surface area (Å²) >= 11 is 0. The van der Waals surface area contributed by atoms with Crippen LogP contribution in [0.3, 0.4) is 0 Å². The number of carbonyl (C=O) groups is 1. The summed E-state index contributed by atoms with van der Waals surface area (Å²) in [5.41, 5.74) is 4.07. The number of amides is 2. The molecule has 5 nitrogen and oxygen atoms in total. The highest BCUT2D eigenvalue weighted by Gasteiger charge is 2.53. The van der Waals surface area contributed by atoms with Gasteiger partial charge in [-0.25, -0.2) is 13.2 Å². The Bertz CT molecular complexity index is 956. The van der Waals surface area contributed by atoms with E-state index in [1.54, 1.807) is 9.80 Å². The third kappa shape index (κ3) is 2.88. The maximum Gasteiger partial charge on any atom is 0.325 e. The zero-order chi connectivity index (χ0) is 18.5. The molecule has 0 bridgehead atoms. The van der Waals surface area contributed by atoms with Gasteiger partial charge in [-0.05, 0) is 37.1 Å². The normalized spacial score (nSPS) is 24.2. The molecular formula is C20H22N2O3S. The van der Waals surface area contributed by atoms with Crippen molar-refractivity contribution in [3.8, 4) is 0 Å². The van der Waals surface area contributed by atoms with Gasteiger partial charge in [0.2, 0.25) is 0 Å². The van der Waals surface area contributed by atoms with Crippen LogP contribution in [0.4, 0.5) is 10.5 Å². The molecule has 2 aliphatic rings. The van der Waals surface area contributed by atoms with Gasteiger partial charge >= 0.3 is 6.03 Å². The topological polar surface area (TPSA) is 57.7 Å². The van der Waals surface area contributed by atoms with Gasteiger partial charge in [-0.3, -0.25) is 4.90 Å². The molecule has 2 saturated heterocycles. The van der Waals surface area contributed by atoms with Crippen molar-refractivity contribution in [3.63, 3.8) is 0 Å². The van der Waals surface area contributed by atoms with Crippen LogP contribution in [0.5, 0.6) is 0 Å². The van der Waals surface area contributed by atoms with Crippen LogP contribution in [0.15, 0.2) is 48.5 Å². The van der Waals surface area contributed by atoms with Crippen LogP contribution in [0, 0.1) is 13.8 Å². The first-order valence-electron chi connectivity index (χ1n) is 8.77. The van der Waals surface area contributed by atoms with Crippen LogP contribution in [-0.2, 0) is 16.4 Å². The highest BCUT2D eigenvalue weighted by molar-refractivity contribution is 7.91. The molecule has 2 aliphatic heterocycles. The number of sulfone groups is 1. The van der Waals surface area contributed by atoms with Crippen LogP contribution >= 0.6 is 0 Å². The molecule has 0 radical (unpaired) electrons. The summed E-state index contributed by atoms with van der Waals surface area (Å²) in [5, 5.41) is 0. The predicted molar refractivity (Wildman–Crippen MR) is 102 cm³/mol. The largest absolute Gasteiger partial charge is 0.325 e. The lowest BCUT2D eigenvalue weighted by atomic mass is 10.0. The van der Waals surface area contributed by atoms with E-state index >= 15 is 0 Å². The molecule has 2 amide bonds. The molecule has 2 aromatic rings. The first-order valence-corrected chi connectivity index (χ1v) is 10.6. The highest BCUT2D eigenvalue weighted by Crippen LogP contribution is 2.36. The molecule has 26 heavy (non-hydrogen) atoms. The molecule has 0 spiro atoms. The van der Waals surface area contributed by atoms with Crippen LogP contribution in [0.25, 0.3) is 0 Å². The second-order valence-corrected chi connectivity index (χ2v) is 9.41. The minimum absolute atomic E-state index is 0.0294. The smallest absolute Gasteiger partial charge is 0.314 e. The maximum atomic E-state index is 13.2. The molecule has 0 saturated carbocycles. The van der Waals surface area contributed by atoms with Gasteiger partial charge in [0.1, 0.15) is 0 Å². The Morgan fingerprint density at radius 3 is 2.42 bits per heavy atom. The zero-order valence-corrected chi connectivity index (χ0v) is 15.7. The van der Waals surface area contributed by atoms with E-state index in [1.807, 2.05) is 56.3 Å². The van der Waals surface area contributed by atoms with Crippen LogP contribution in [0.2, 0.25) is 0 Å². The molecule has 0 aliphatic carbocycles. The molecule has 136 valence electrons. The Balaban J connectivity index is 1.72. The van der Waals surface area contributed by atoms with E-state index in [0.29, 0.717) is 6.54 Å². The number of carbonyl (C=O) groups excluding carboxylic acids is 1. The molecule has 0 N–H and O–H groups in total. The summed E-state index contributed by atoms with van der Waals surface area (Å²) in [6, 6.07) is 14.8. The van der Waals surface area contributed by atoms with Gasteiger partial charge < -0.3 is 4.90 Å². The van der Waals surface area contributed by atoms with Gasteiger partial charge in [-0.15, -0.1) is 0 Å². The molecule has 2 heterocycles. The Labute approximate surface area is 154 Å². The van der Waals surface area contributed by atoms with Gasteiger partial charge in [-0.1, -0.05) is 42.0 Å². The summed E-state index contributed by atoms with van der Waals surface area (Å²) < 4.78 is 24.6. The average Bonchev–Trinajstić information content (AvgIpc) is 3.02. The summed E-state index contributed by atoms with van der Waals surface area (Å²) in [6.07, 6.45) is 0. The number of anilines is 1. The monoisotopic (exact) mass is 370 g/mol. The van der Waals surface area contributed by atoms with E-state index in [2.05, 4.69) is 6.07 Å². The number of urea groups is 1. The van der Waals surface area contributed by atoms with E-state index in [-0.39, 0.29) is 29.6 Å². The molecular weight excluding hydrogens is 348 g/mol. The quantitative estimate of drug-likeness (QED) is 0.781. The summed E-state index contributed by atoms with van der Waals surface area (Å²) in [6.45, 7) is 4.48. The van der Waals surface area contributed by atoms with Crippen LogP contribution < -0.4 is 4.90 Å². The van der Waals surface area contributed by atoms with Crippen molar-refractivity contribution >= 4 is 21.6 Å².